The van der Waals surface area contributed by atoms with E-state index in [1.54, 1.807) is 0 Å². The Bertz CT molecular complexity index is 366. The zero-order valence-corrected chi connectivity index (χ0v) is 11.9. The van der Waals surface area contributed by atoms with Gasteiger partial charge in [0.1, 0.15) is 6.61 Å². The first kappa shape index (κ1) is 17.7. The Morgan fingerprint density at radius 3 is 2.58 bits per heavy atom. The number of halogens is 1. The van der Waals surface area contributed by atoms with E-state index in [9.17, 15) is 4.79 Å². The number of esters is 1. The number of rotatable bonds is 8. The van der Waals surface area contributed by atoms with Crippen LogP contribution in [-0.2, 0) is 9.53 Å². The number of ether oxygens (including phenoxy) is 1. The summed E-state index contributed by atoms with van der Waals surface area (Å²) in [6.07, 6.45) is 7.11. The molecule has 0 bridgehead atoms. The highest BCUT2D eigenvalue weighted by Crippen LogP contribution is 2.02. The lowest BCUT2D eigenvalue weighted by molar-refractivity contribution is -0.142. The van der Waals surface area contributed by atoms with Gasteiger partial charge in [-0.2, -0.15) is 0 Å². The molecule has 1 aromatic carbocycles. The predicted octanol–water partition coefficient (Wildman–Crippen LogP) is 3.18. The second-order valence-corrected chi connectivity index (χ2v) is 4.10. The van der Waals surface area contributed by atoms with E-state index in [2.05, 4.69) is 0 Å². The van der Waals surface area contributed by atoms with E-state index in [4.69, 9.17) is 10.5 Å². The van der Waals surface area contributed by atoms with Gasteiger partial charge in [-0.1, -0.05) is 42.8 Å². The molecule has 0 fully saturated rings. The molecule has 0 aromatic heterocycles. The van der Waals surface area contributed by atoms with Crippen molar-refractivity contribution in [3.63, 3.8) is 0 Å². The molecule has 0 aliphatic carbocycles. The summed E-state index contributed by atoms with van der Waals surface area (Å²) in [5, 5.41) is 0. The Morgan fingerprint density at radius 1 is 1.16 bits per heavy atom. The summed E-state index contributed by atoms with van der Waals surface area (Å²) in [4.78, 5) is 11.3. The summed E-state index contributed by atoms with van der Waals surface area (Å²) in [6.45, 7) is 1.03. The normalized spacial score (nSPS) is 10.2. The number of nitrogens with two attached hydrogens (primary N) is 1. The summed E-state index contributed by atoms with van der Waals surface area (Å²) in [6, 6.07) is 9.93. The van der Waals surface area contributed by atoms with Crippen LogP contribution in [0.2, 0.25) is 0 Å². The van der Waals surface area contributed by atoms with Crippen molar-refractivity contribution >= 4 is 24.5 Å². The van der Waals surface area contributed by atoms with Crippen molar-refractivity contribution in [2.24, 2.45) is 5.73 Å². The van der Waals surface area contributed by atoms with Crippen LogP contribution in [0.25, 0.3) is 6.08 Å². The van der Waals surface area contributed by atoms with E-state index in [0.29, 0.717) is 19.6 Å². The summed E-state index contributed by atoms with van der Waals surface area (Å²) < 4.78 is 5.09. The highest BCUT2D eigenvalue weighted by Gasteiger charge is 2.00. The number of hydrogen-bond donors (Lipinski definition) is 1. The van der Waals surface area contributed by atoms with Gasteiger partial charge >= 0.3 is 5.97 Å². The smallest absolute Gasteiger partial charge is 0.306 e. The molecule has 19 heavy (non-hydrogen) atoms. The first-order chi connectivity index (χ1) is 8.83. The van der Waals surface area contributed by atoms with E-state index < -0.39 is 0 Å². The largest absolute Gasteiger partial charge is 0.461 e. The summed E-state index contributed by atoms with van der Waals surface area (Å²) in [7, 11) is 0. The predicted molar refractivity (Wildman–Crippen MR) is 81.2 cm³/mol. The van der Waals surface area contributed by atoms with Crippen LogP contribution in [0.1, 0.15) is 31.2 Å². The zero-order valence-electron chi connectivity index (χ0n) is 11.1. The van der Waals surface area contributed by atoms with Crippen molar-refractivity contribution < 1.29 is 9.53 Å². The number of unbranched alkanes of at least 4 members (excludes halogenated alkanes) is 2. The number of hydrogen-bond acceptors (Lipinski definition) is 3. The average molecular weight is 284 g/mol. The van der Waals surface area contributed by atoms with Crippen molar-refractivity contribution in [1.29, 1.82) is 0 Å². The Balaban J connectivity index is 0.00000324. The molecule has 2 N–H and O–H groups in total. The van der Waals surface area contributed by atoms with Gasteiger partial charge in [-0.05, 0) is 31.0 Å². The van der Waals surface area contributed by atoms with E-state index in [1.165, 1.54) is 0 Å². The molecule has 0 atom stereocenters. The van der Waals surface area contributed by atoms with Gasteiger partial charge in [0.15, 0.2) is 0 Å². The second kappa shape index (κ2) is 11.8. The van der Waals surface area contributed by atoms with Crippen molar-refractivity contribution in [3.05, 3.63) is 42.0 Å². The number of carbonyl (C=O) groups excluding carboxylic acids is 1. The van der Waals surface area contributed by atoms with Crippen molar-refractivity contribution in [2.75, 3.05) is 13.2 Å². The van der Waals surface area contributed by atoms with Crippen LogP contribution < -0.4 is 5.73 Å². The van der Waals surface area contributed by atoms with Gasteiger partial charge in [0, 0.05) is 6.42 Å². The zero-order chi connectivity index (χ0) is 13.1. The fraction of sp³-hybridized carbons (Fsp3) is 0.400. The molecule has 0 unspecified atom stereocenters. The van der Waals surface area contributed by atoms with Crippen LogP contribution in [0.5, 0.6) is 0 Å². The molecule has 0 aliphatic heterocycles. The molecule has 0 aliphatic rings. The Morgan fingerprint density at radius 2 is 1.89 bits per heavy atom. The molecule has 1 aromatic rings. The van der Waals surface area contributed by atoms with Crippen LogP contribution in [0.15, 0.2) is 36.4 Å². The molecule has 0 saturated carbocycles. The minimum Gasteiger partial charge on any atom is -0.461 e. The minimum absolute atomic E-state index is 0. The monoisotopic (exact) mass is 283 g/mol. The molecule has 4 heteroatoms. The van der Waals surface area contributed by atoms with Gasteiger partial charge in [0.05, 0.1) is 0 Å². The molecule has 3 nitrogen and oxygen atoms in total. The highest BCUT2D eigenvalue weighted by molar-refractivity contribution is 5.85. The fourth-order valence-electron chi connectivity index (χ4n) is 1.55. The van der Waals surface area contributed by atoms with Crippen LogP contribution in [0.4, 0.5) is 0 Å². The Kier molecular flexibility index (Phi) is 10.9. The summed E-state index contributed by atoms with van der Waals surface area (Å²) in [5.41, 5.74) is 6.48. The Hall–Kier alpha value is -1.32. The molecular formula is C15H22ClNO2. The standard InChI is InChI=1S/C15H21NO2.ClH/c16-12-6-2-5-11-15(17)18-13-7-10-14-8-3-1-4-9-14;/h1,3-4,7-10H,2,5-6,11-13,16H2;1H. The third kappa shape index (κ3) is 9.28. The van der Waals surface area contributed by atoms with E-state index in [-0.39, 0.29) is 18.4 Å². The fourth-order valence-corrected chi connectivity index (χ4v) is 1.55. The molecule has 0 heterocycles. The second-order valence-electron chi connectivity index (χ2n) is 4.10. The topological polar surface area (TPSA) is 52.3 Å². The van der Waals surface area contributed by atoms with Crippen LogP contribution in [-0.4, -0.2) is 19.1 Å². The Labute approximate surface area is 121 Å². The molecule has 0 radical (unpaired) electrons. The molecule has 1 rings (SSSR count). The van der Waals surface area contributed by atoms with Crippen LogP contribution in [0.3, 0.4) is 0 Å². The van der Waals surface area contributed by atoms with E-state index in [1.807, 2.05) is 42.5 Å². The maximum atomic E-state index is 11.3. The van der Waals surface area contributed by atoms with Gasteiger partial charge < -0.3 is 10.5 Å². The molecule has 106 valence electrons. The molecule has 0 spiro atoms. The van der Waals surface area contributed by atoms with Crippen LogP contribution in [0, 0.1) is 0 Å². The van der Waals surface area contributed by atoms with Crippen LogP contribution >= 0.6 is 12.4 Å². The summed E-state index contributed by atoms with van der Waals surface area (Å²) in [5.74, 6) is -0.135. The summed E-state index contributed by atoms with van der Waals surface area (Å²) >= 11 is 0. The highest BCUT2D eigenvalue weighted by atomic mass is 35.5. The number of benzene rings is 1. The molecular weight excluding hydrogens is 262 g/mol. The SMILES string of the molecule is Cl.NCCCCCC(=O)OCC=Cc1ccccc1. The lowest BCUT2D eigenvalue weighted by Crippen LogP contribution is -2.05. The first-order valence-electron chi connectivity index (χ1n) is 6.40. The molecule has 0 amide bonds. The lowest BCUT2D eigenvalue weighted by Gasteiger charge is -2.01. The van der Waals surface area contributed by atoms with Crippen molar-refractivity contribution in [1.82, 2.24) is 0 Å². The van der Waals surface area contributed by atoms with E-state index in [0.717, 1.165) is 24.8 Å². The third-order valence-electron chi connectivity index (χ3n) is 2.54. The van der Waals surface area contributed by atoms with Crippen molar-refractivity contribution in [3.8, 4) is 0 Å². The maximum absolute atomic E-state index is 11.3. The minimum atomic E-state index is -0.135. The maximum Gasteiger partial charge on any atom is 0.306 e. The lowest BCUT2D eigenvalue weighted by atomic mass is 10.2. The van der Waals surface area contributed by atoms with Gasteiger partial charge in [-0.3, -0.25) is 4.79 Å². The third-order valence-corrected chi connectivity index (χ3v) is 2.54. The van der Waals surface area contributed by atoms with Gasteiger partial charge in [-0.15, -0.1) is 12.4 Å². The van der Waals surface area contributed by atoms with Crippen molar-refractivity contribution in [2.45, 2.75) is 25.7 Å². The molecule has 0 saturated heterocycles. The quantitative estimate of drug-likeness (QED) is 0.589. The van der Waals surface area contributed by atoms with Gasteiger partial charge in [0.25, 0.3) is 0 Å². The van der Waals surface area contributed by atoms with Gasteiger partial charge in [-0.25, -0.2) is 0 Å². The van der Waals surface area contributed by atoms with E-state index >= 15 is 0 Å². The number of carbonyl (C=O) groups is 1. The first-order valence-corrected chi connectivity index (χ1v) is 6.40. The average Bonchev–Trinajstić information content (AvgIpc) is 2.41. The van der Waals surface area contributed by atoms with Gasteiger partial charge in [0.2, 0.25) is 0 Å².